The third-order valence-corrected chi connectivity index (χ3v) is 3.01. The molecule has 0 spiro atoms. The molecule has 0 N–H and O–H groups in total. The average molecular weight is 304 g/mol. The number of allylic oxidation sites excluding steroid dienone is 1. The lowest BCUT2D eigenvalue weighted by Gasteiger charge is -2.12. The maximum Gasteiger partial charge on any atom is 0.307 e. The summed E-state index contributed by atoms with van der Waals surface area (Å²) in [6.07, 6.45) is 1.93. The second-order valence-corrected chi connectivity index (χ2v) is 5.00. The molecule has 22 heavy (non-hydrogen) atoms. The minimum absolute atomic E-state index is 0.0201. The van der Waals surface area contributed by atoms with Gasteiger partial charge in [0, 0.05) is 11.6 Å². The van der Waals surface area contributed by atoms with Gasteiger partial charge < -0.3 is 9.47 Å². The van der Waals surface area contributed by atoms with E-state index < -0.39 is 17.7 Å². The predicted octanol–water partition coefficient (Wildman–Crippen LogP) is 3.84. The molecule has 0 amide bonds. The molecule has 1 aromatic rings. The summed E-state index contributed by atoms with van der Waals surface area (Å²) in [5, 5.41) is 0. The number of esters is 1. The zero-order chi connectivity index (χ0) is 16.5. The summed E-state index contributed by atoms with van der Waals surface area (Å²) in [6, 6.07) is 4.60. The molecule has 0 aliphatic rings. The molecule has 0 bridgehead atoms. The molecule has 0 unspecified atom stereocenters. The van der Waals surface area contributed by atoms with E-state index in [-0.39, 0.29) is 6.42 Å². The number of hydrogen-bond acceptors (Lipinski definition) is 3. The minimum Gasteiger partial charge on any atom is -0.489 e. The van der Waals surface area contributed by atoms with E-state index in [0.29, 0.717) is 17.9 Å². The number of hydrogen-bond donors (Lipinski definition) is 0. The van der Waals surface area contributed by atoms with Crippen LogP contribution in [-0.4, -0.2) is 19.7 Å². The highest BCUT2D eigenvalue weighted by molar-refractivity contribution is 5.71. The van der Waals surface area contributed by atoms with Crippen molar-refractivity contribution in [2.45, 2.75) is 33.1 Å². The third kappa shape index (κ3) is 5.61. The van der Waals surface area contributed by atoms with Crippen LogP contribution in [0.5, 0.6) is 5.75 Å². The Bertz CT molecular complexity index is 604. The predicted molar refractivity (Wildman–Crippen MR) is 84.2 cm³/mol. The van der Waals surface area contributed by atoms with Gasteiger partial charge in [-0.25, -0.2) is 4.39 Å². The van der Waals surface area contributed by atoms with Crippen LogP contribution in [0.3, 0.4) is 0 Å². The summed E-state index contributed by atoms with van der Waals surface area (Å²) in [5.41, 5.74) is 1.50. The molecule has 4 heteroatoms. The summed E-state index contributed by atoms with van der Waals surface area (Å²) >= 11 is 0. The van der Waals surface area contributed by atoms with Gasteiger partial charge in [0.15, 0.2) is 0 Å². The van der Waals surface area contributed by atoms with Crippen LogP contribution in [-0.2, 0) is 9.53 Å². The van der Waals surface area contributed by atoms with Gasteiger partial charge in [-0.15, -0.1) is 5.92 Å². The highest BCUT2D eigenvalue weighted by Crippen LogP contribution is 2.26. The quantitative estimate of drug-likeness (QED) is 0.455. The van der Waals surface area contributed by atoms with E-state index in [1.165, 1.54) is 13.2 Å². The van der Waals surface area contributed by atoms with Gasteiger partial charge in [0.25, 0.3) is 0 Å². The van der Waals surface area contributed by atoms with E-state index in [1.54, 1.807) is 19.1 Å². The number of carbonyl (C=O) groups excluding carboxylic acids is 1. The standard InChI is InChI=1S/C18H21FO3/c1-5-6-14(11-18(20)21-4)16-8-7-15(12-17(16)19)22-10-9-13(2)3/h7-9,12,14H,10-11H2,1-4H3/t14-/m0/s1. The number of carbonyl (C=O) groups is 1. The minimum atomic E-state index is -0.524. The zero-order valence-electron chi connectivity index (χ0n) is 13.4. The summed E-state index contributed by atoms with van der Waals surface area (Å²) < 4.78 is 24.3. The van der Waals surface area contributed by atoms with E-state index in [9.17, 15) is 9.18 Å². The largest absolute Gasteiger partial charge is 0.489 e. The van der Waals surface area contributed by atoms with Crippen molar-refractivity contribution in [1.29, 1.82) is 0 Å². The van der Waals surface area contributed by atoms with Crippen LogP contribution in [0, 0.1) is 17.7 Å². The average Bonchev–Trinajstić information content (AvgIpc) is 2.46. The van der Waals surface area contributed by atoms with Crippen LogP contribution in [0.15, 0.2) is 29.8 Å². The fourth-order valence-electron chi connectivity index (χ4n) is 1.85. The van der Waals surface area contributed by atoms with Crippen molar-refractivity contribution >= 4 is 5.97 Å². The Hall–Kier alpha value is -2.28. The molecule has 3 nitrogen and oxygen atoms in total. The SMILES string of the molecule is CC#C[C@@H](CC(=O)OC)c1ccc(OCC=C(C)C)cc1F. The van der Waals surface area contributed by atoms with Gasteiger partial charge in [-0.05, 0) is 32.9 Å². The van der Waals surface area contributed by atoms with Crippen LogP contribution >= 0.6 is 0 Å². The number of methoxy groups -OCH3 is 1. The number of halogens is 1. The van der Waals surface area contributed by atoms with Crippen LogP contribution in [0.4, 0.5) is 4.39 Å². The maximum absolute atomic E-state index is 14.2. The number of rotatable bonds is 6. The van der Waals surface area contributed by atoms with E-state index in [0.717, 1.165) is 5.57 Å². The highest BCUT2D eigenvalue weighted by atomic mass is 19.1. The molecule has 1 aromatic carbocycles. The number of benzene rings is 1. The van der Waals surface area contributed by atoms with Crippen molar-refractivity contribution in [3.8, 4) is 17.6 Å². The molecule has 1 atom stereocenters. The zero-order valence-corrected chi connectivity index (χ0v) is 13.4. The molecule has 0 aliphatic heterocycles. The molecule has 118 valence electrons. The first-order valence-corrected chi connectivity index (χ1v) is 7.02. The monoisotopic (exact) mass is 304 g/mol. The van der Waals surface area contributed by atoms with E-state index in [2.05, 4.69) is 16.6 Å². The van der Waals surface area contributed by atoms with E-state index >= 15 is 0 Å². The van der Waals surface area contributed by atoms with Gasteiger partial charge in [0.2, 0.25) is 0 Å². The second kappa shape index (κ2) is 8.89. The summed E-state index contributed by atoms with van der Waals surface area (Å²) in [6.45, 7) is 5.97. The van der Waals surface area contributed by atoms with Crippen molar-refractivity contribution in [2.24, 2.45) is 0 Å². The Balaban J connectivity index is 2.91. The van der Waals surface area contributed by atoms with E-state index in [4.69, 9.17) is 4.74 Å². The Morgan fingerprint density at radius 1 is 1.41 bits per heavy atom. The molecule has 0 saturated carbocycles. The Morgan fingerprint density at radius 2 is 2.14 bits per heavy atom. The Kier molecular flexibility index (Phi) is 7.18. The van der Waals surface area contributed by atoms with E-state index in [1.807, 2.05) is 19.9 Å². The van der Waals surface area contributed by atoms with Gasteiger partial charge in [-0.1, -0.05) is 17.6 Å². The van der Waals surface area contributed by atoms with Crippen LogP contribution in [0.2, 0.25) is 0 Å². The first-order chi connectivity index (χ1) is 10.5. The molecule has 1 rings (SSSR count). The fraction of sp³-hybridized carbons (Fsp3) is 0.389. The first kappa shape index (κ1) is 17.8. The van der Waals surface area contributed by atoms with Crippen molar-refractivity contribution < 1.29 is 18.7 Å². The number of ether oxygens (including phenoxy) is 2. The molecule has 0 aliphatic carbocycles. The van der Waals surface area contributed by atoms with Gasteiger partial charge in [-0.3, -0.25) is 4.79 Å². The molecule has 0 radical (unpaired) electrons. The molecule has 0 fully saturated rings. The molecule has 0 heterocycles. The normalized spacial score (nSPS) is 11.0. The smallest absolute Gasteiger partial charge is 0.307 e. The van der Waals surface area contributed by atoms with Crippen molar-refractivity contribution in [3.05, 3.63) is 41.2 Å². The highest BCUT2D eigenvalue weighted by Gasteiger charge is 2.18. The molecular weight excluding hydrogens is 283 g/mol. The lowest BCUT2D eigenvalue weighted by molar-refractivity contribution is -0.140. The van der Waals surface area contributed by atoms with Gasteiger partial charge in [-0.2, -0.15) is 0 Å². The van der Waals surface area contributed by atoms with Gasteiger partial charge >= 0.3 is 5.97 Å². The lowest BCUT2D eigenvalue weighted by atomic mass is 9.95. The van der Waals surface area contributed by atoms with Crippen molar-refractivity contribution in [3.63, 3.8) is 0 Å². The molecular formula is C18H21FO3. The van der Waals surface area contributed by atoms with Crippen LogP contribution in [0.25, 0.3) is 0 Å². The Labute approximate surface area is 131 Å². The van der Waals surface area contributed by atoms with Gasteiger partial charge in [0.05, 0.1) is 19.4 Å². The maximum atomic E-state index is 14.2. The lowest BCUT2D eigenvalue weighted by Crippen LogP contribution is -2.09. The third-order valence-electron chi connectivity index (χ3n) is 3.01. The Morgan fingerprint density at radius 3 is 2.68 bits per heavy atom. The summed E-state index contributed by atoms with van der Waals surface area (Å²) in [4.78, 5) is 11.4. The van der Waals surface area contributed by atoms with Crippen molar-refractivity contribution in [1.82, 2.24) is 0 Å². The van der Waals surface area contributed by atoms with Gasteiger partial charge in [0.1, 0.15) is 18.2 Å². The summed E-state index contributed by atoms with van der Waals surface area (Å²) in [7, 11) is 1.30. The van der Waals surface area contributed by atoms with Crippen LogP contribution < -0.4 is 4.74 Å². The molecule has 0 saturated heterocycles. The van der Waals surface area contributed by atoms with Crippen LogP contribution in [0.1, 0.15) is 38.7 Å². The topological polar surface area (TPSA) is 35.5 Å². The first-order valence-electron chi connectivity index (χ1n) is 7.02. The fourth-order valence-corrected chi connectivity index (χ4v) is 1.85. The second-order valence-electron chi connectivity index (χ2n) is 5.00. The molecule has 0 aromatic heterocycles. The van der Waals surface area contributed by atoms with Crippen molar-refractivity contribution in [2.75, 3.05) is 13.7 Å². The summed E-state index contributed by atoms with van der Waals surface area (Å²) in [5.74, 6) is 4.62.